The van der Waals surface area contributed by atoms with Gasteiger partial charge in [0, 0.05) is 0 Å². The van der Waals surface area contributed by atoms with Gasteiger partial charge in [-0.25, -0.2) is 0 Å². The Morgan fingerprint density at radius 3 is 0.200 bits per heavy atom. The van der Waals surface area contributed by atoms with Crippen LogP contribution in [0, 0.1) is 0 Å². The summed E-state index contributed by atoms with van der Waals surface area (Å²) in [7, 11) is 0. The lowest BCUT2D eigenvalue weighted by atomic mass is 10.3. The van der Waals surface area contributed by atoms with Gasteiger partial charge >= 0.3 is 0 Å². The molecule has 0 spiro atoms. The van der Waals surface area contributed by atoms with E-state index in [1.54, 1.807) is 0 Å². The van der Waals surface area contributed by atoms with Crippen molar-refractivity contribution in [3.63, 3.8) is 0 Å². The molecule has 0 saturated heterocycles. The molecule has 0 amide bonds. The van der Waals surface area contributed by atoms with Crippen LogP contribution in [0.4, 0.5) is 0 Å². The lowest BCUT2D eigenvalue weighted by Crippen LogP contribution is -1.55. The SMILES string of the molecule is C1=C\C=C\C=C\C=C\C=C\C=C\C=C\C=C\C=C/C=C/1. The minimum atomic E-state index is 2.00. The fraction of sp³-hybridized carbons (Fsp3) is 0. The van der Waals surface area contributed by atoms with Crippen LogP contribution >= 0.6 is 0 Å². The van der Waals surface area contributed by atoms with E-state index in [2.05, 4.69) is 0 Å². The molecule has 100 valence electrons. The number of hydrogen-bond donors (Lipinski definition) is 0. The first-order valence-corrected chi connectivity index (χ1v) is 6.67. The van der Waals surface area contributed by atoms with E-state index in [0.717, 1.165) is 0 Å². The van der Waals surface area contributed by atoms with Gasteiger partial charge in [-0.1, -0.05) is 122 Å². The summed E-state index contributed by atoms with van der Waals surface area (Å²) in [4.78, 5) is 0. The van der Waals surface area contributed by atoms with Crippen molar-refractivity contribution in [3.05, 3.63) is 122 Å². The van der Waals surface area contributed by atoms with Gasteiger partial charge in [0.05, 0.1) is 0 Å². The highest BCUT2D eigenvalue weighted by Gasteiger charge is 1.66. The van der Waals surface area contributed by atoms with Gasteiger partial charge in [0.2, 0.25) is 0 Å². The Balaban J connectivity index is 2.67. The Morgan fingerprint density at radius 1 is 0.100 bits per heavy atom. The van der Waals surface area contributed by atoms with E-state index in [1.807, 2.05) is 122 Å². The fourth-order valence-electron chi connectivity index (χ4n) is 1.28. The zero-order valence-electron chi connectivity index (χ0n) is 11.5. The number of rotatable bonds is 0. The van der Waals surface area contributed by atoms with Crippen molar-refractivity contribution in [1.82, 2.24) is 0 Å². The van der Waals surface area contributed by atoms with E-state index >= 15 is 0 Å². The third-order valence-electron chi connectivity index (χ3n) is 2.22. The van der Waals surface area contributed by atoms with Crippen LogP contribution < -0.4 is 0 Å². The molecule has 20 heavy (non-hydrogen) atoms. The molecule has 0 aromatic rings. The van der Waals surface area contributed by atoms with Crippen molar-refractivity contribution in [3.8, 4) is 0 Å². The smallest absolute Gasteiger partial charge is 0.0623 e. The minimum Gasteiger partial charge on any atom is -0.0623 e. The van der Waals surface area contributed by atoms with Crippen molar-refractivity contribution < 1.29 is 0 Å². The summed E-state index contributed by atoms with van der Waals surface area (Å²) in [6, 6.07) is 0. The van der Waals surface area contributed by atoms with Crippen LogP contribution in [0.3, 0.4) is 0 Å². The molecule has 0 nitrogen and oxygen atoms in total. The molecule has 0 heteroatoms. The summed E-state index contributed by atoms with van der Waals surface area (Å²) in [6.45, 7) is 0. The van der Waals surface area contributed by atoms with Crippen molar-refractivity contribution in [1.29, 1.82) is 0 Å². The summed E-state index contributed by atoms with van der Waals surface area (Å²) < 4.78 is 0. The zero-order chi connectivity index (χ0) is 14.1. The van der Waals surface area contributed by atoms with E-state index in [0.29, 0.717) is 0 Å². The van der Waals surface area contributed by atoms with Crippen molar-refractivity contribution in [2.75, 3.05) is 0 Å². The third kappa shape index (κ3) is 10.5. The minimum absolute atomic E-state index is 2.00. The number of allylic oxidation sites excluding steroid dienone is 20. The van der Waals surface area contributed by atoms with Gasteiger partial charge in [-0.3, -0.25) is 0 Å². The highest BCUT2D eigenvalue weighted by Crippen LogP contribution is 1.88. The largest absolute Gasteiger partial charge is 0.0623 e. The van der Waals surface area contributed by atoms with E-state index in [9.17, 15) is 0 Å². The topological polar surface area (TPSA) is 0 Å². The van der Waals surface area contributed by atoms with Crippen molar-refractivity contribution >= 4 is 0 Å². The molecule has 1 aliphatic carbocycles. The van der Waals surface area contributed by atoms with Crippen LogP contribution in [0.5, 0.6) is 0 Å². The molecule has 0 aromatic heterocycles. The summed E-state index contributed by atoms with van der Waals surface area (Å²) in [5.41, 5.74) is 0. The molecule has 0 heterocycles. The summed E-state index contributed by atoms with van der Waals surface area (Å²) >= 11 is 0. The Hall–Kier alpha value is -2.60. The molecular formula is C20H20. The van der Waals surface area contributed by atoms with Gasteiger partial charge in [-0.15, -0.1) is 0 Å². The number of hydrogen-bond acceptors (Lipinski definition) is 0. The average molecular weight is 260 g/mol. The van der Waals surface area contributed by atoms with Crippen LogP contribution in [-0.2, 0) is 0 Å². The highest BCUT2D eigenvalue weighted by molar-refractivity contribution is 5.24. The van der Waals surface area contributed by atoms with Crippen molar-refractivity contribution in [2.24, 2.45) is 0 Å². The lowest BCUT2D eigenvalue weighted by Gasteiger charge is -1.77. The van der Waals surface area contributed by atoms with Gasteiger partial charge < -0.3 is 0 Å². The van der Waals surface area contributed by atoms with Crippen LogP contribution in [0.2, 0.25) is 0 Å². The molecular weight excluding hydrogens is 240 g/mol. The molecule has 1 rings (SSSR count). The maximum atomic E-state index is 2.00. The predicted octanol–water partition coefficient (Wildman–Crippen LogP) is 5.56. The Kier molecular flexibility index (Phi) is 9.93. The zero-order valence-corrected chi connectivity index (χ0v) is 11.5. The highest BCUT2D eigenvalue weighted by atomic mass is 13.7. The van der Waals surface area contributed by atoms with Gasteiger partial charge in [-0.2, -0.15) is 0 Å². The normalized spacial score (nSPS) is 32.0. The monoisotopic (exact) mass is 260 g/mol. The first kappa shape index (κ1) is 15.5. The first-order chi connectivity index (χ1) is 10.0. The molecule has 0 fully saturated rings. The third-order valence-corrected chi connectivity index (χ3v) is 2.22. The molecule has 0 aliphatic heterocycles. The van der Waals surface area contributed by atoms with Crippen LogP contribution in [0.15, 0.2) is 122 Å². The lowest BCUT2D eigenvalue weighted by molar-refractivity contribution is 1.81. The Morgan fingerprint density at radius 2 is 0.150 bits per heavy atom. The second kappa shape index (κ2) is 12.8. The van der Waals surface area contributed by atoms with E-state index in [4.69, 9.17) is 0 Å². The van der Waals surface area contributed by atoms with Gasteiger partial charge in [0.15, 0.2) is 0 Å². The van der Waals surface area contributed by atoms with Crippen molar-refractivity contribution in [2.45, 2.75) is 0 Å². The molecule has 0 N–H and O–H groups in total. The maximum Gasteiger partial charge on any atom is -0.0623 e. The second-order valence-corrected chi connectivity index (χ2v) is 3.85. The summed E-state index contributed by atoms with van der Waals surface area (Å²) in [5.74, 6) is 0. The molecule has 0 atom stereocenters. The van der Waals surface area contributed by atoms with Crippen LogP contribution in [0.1, 0.15) is 0 Å². The Labute approximate surface area is 122 Å². The average Bonchev–Trinajstić information content (AvgIpc) is 2.46. The maximum absolute atomic E-state index is 2.00. The summed E-state index contributed by atoms with van der Waals surface area (Å²) in [6.07, 6.45) is 40.0. The van der Waals surface area contributed by atoms with Gasteiger partial charge in [0.25, 0.3) is 0 Å². The first-order valence-electron chi connectivity index (χ1n) is 6.67. The molecule has 0 radical (unpaired) electrons. The van der Waals surface area contributed by atoms with Crippen LogP contribution in [0.25, 0.3) is 0 Å². The molecule has 0 unspecified atom stereocenters. The van der Waals surface area contributed by atoms with Gasteiger partial charge in [0.1, 0.15) is 0 Å². The van der Waals surface area contributed by atoms with E-state index in [1.165, 1.54) is 0 Å². The molecule has 0 saturated carbocycles. The van der Waals surface area contributed by atoms with Gasteiger partial charge in [-0.05, 0) is 0 Å². The predicted molar refractivity (Wildman–Crippen MR) is 91.4 cm³/mol. The van der Waals surface area contributed by atoms with Crippen LogP contribution in [-0.4, -0.2) is 0 Å². The quantitative estimate of drug-likeness (QED) is 0.534. The second-order valence-electron chi connectivity index (χ2n) is 3.85. The van der Waals surface area contributed by atoms with E-state index in [-0.39, 0.29) is 0 Å². The Bertz CT molecular complexity index is 318. The molecule has 0 aromatic carbocycles. The summed E-state index contributed by atoms with van der Waals surface area (Å²) in [5, 5.41) is 0. The molecule has 1 aliphatic rings. The molecule has 0 bridgehead atoms. The van der Waals surface area contributed by atoms with E-state index < -0.39 is 0 Å². The fourth-order valence-corrected chi connectivity index (χ4v) is 1.28. The standard InChI is InChI=1S/C20H20/c1-2-4-6-8-10-12-14-16-18-20-19-17-15-13-11-9-7-5-3-1/h1-20H/b2-1-,3-1?,4-2?,5-3+,6-4+,7-5?,8-6?,9-7-,10-8+,11-9?,12-10?,13-11+,14-12+,15-13?,16-14?,17-15+,18-16+,19-17?,20-18?,20-19+.